The Bertz CT molecular complexity index is 983. The predicted octanol–water partition coefficient (Wildman–Crippen LogP) is 2.48. The van der Waals surface area contributed by atoms with E-state index in [0.717, 1.165) is 0 Å². The van der Waals surface area contributed by atoms with E-state index in [2.05, 4.69) is 10.3 Å². The second-order valence-corrected chi connectivity index (χ2v) is 6.39. The minimum atomic E-state index is -0.496. The van der Waals surface area contributed by atoms with Gasteiger partial charge in [0.1, 0.15) is 11.4 Å². The Balaban J connectivity index is 1.72. The van der Waals surface area contributed by atoms with E-state index in [1.165, 1.54) is 41.5 Å². The van der Waals surface area contributed by atoms with Crippen LogP contribution in [-0.4, -0.2) is 22.6 Å². The van der Waals surface area contributed by atoms with Crippen LogP contribution in [0.4, 0.5) is 4.39 Å². The molecule has 0 aliphatic heterocycles. The molecule has 0 fully saturated rings. The Kier molecular flexibility index (Phi) is 4.80. The van der Waals surface area contributed by atoms with Gasteiger partial charge in [-0.25, -0.2) is 9.37 Å². The van der Waals surface area contributed by atoms with Crippen molar-refractivity contribution in [1.82, 2.24) is 14.9 Å². The molecule has 0 aliphatic rings. The van der Waals surface area contributed by atoms with Crippen LogP contribution < -0.4 is 15.6 Å². The molecule has 1 N–H and O–H groups in total. The SMILES string of the molecule is COc1ccc([C@H](C)NC(=O)Cn2cnc3sccc3c2=O)cc1F. The normalized spacial score (nSPS) is 12.1. The molecule has 2 heterocycles. The standard InChI is InChI=1S/C17H16FN3O3S/c1-10(11-3-4-14(24-2)13(18)7-11)20-15(22)8-21-9-19-16-12(17(21)23)5-6-25-16/h3-7,9-10H,8H2,1-2H3,(H,20,22)/t10-/m0/s1. The molecule has 0 radical (unpaired) electrons. The van der Waals surface area contributed by atoms with Crippen LogP contribution in [0.15, 0.2) is 40.8 Å². The summed E-state index contributed by atoms with van der Waals surface area (Å²) in [6, 6.07) is 5.77. The van der Waals surface area contributed by atoms with Gasteiger partial charge in [-0.1, -0.05) is 6.07 Å². The minimum Gasteiger partial charge on any atom is -0.494 e. The lowest BCUT2D eigenvalue weighted by Gasteiger charge is -2.15. The predicted molar refractivity (Wildman–Crippen MR) is 93.4 cm³/mol. The summed E-state index contributed by atoms with van der Waals surface area (Å²) < 4.78 is 19.9. The number of rotatable bonds is 5. The van der Waals surface area contributed by atoms with Crippen molar-refractivity contribution in [1.29, 1.82) is 0 Å². The topological polar surface area (TPSA) is 73.2 Å². The van der Waals surface area contributed by atoms with Crippen molar-refractivity contribution < 1.29 is 13.9 Å². The Morgan fingerprint density at radius 3 is 2.96 bits per heavy atom. The number of methoxy groups -OCH3 is 1. The van der Waals surface area contributed by atoms with Crippen LogP contribution >= 0.6 is 11.3 Å². The quantitative estimate of drug-likeness (QED) is 0.758. The Morgan fingerprint density at radius 2 is 2.24 bits per heavy atom. The van der Waals surface area contributed by atoms with Crippen LogP contribution in [0.25, 0.3) is 10.2 Å². The lowest BCUT2D eigenvalue weighted by atomic mass is 10.1. The van der Waals surface area contributed by atoms with Gasteiger partial charge in [-0.05, 0) is 36.1 Å². The molecule has 0 saturated carbocycles. The van der Waals surface area contributed by atoms with Crippen LogP contribution in [0.1, 0.15) is 18.5 Å². The van der Waals surface area contributed by atoms with Gasteiger partial charge in [-0.15, -0.1) is 11.3 Å². The third-order valence-electron chi connectivity index (χ3n) is 3.82. The average molecular weight is 361 g/mol. The minimum absolute atomic E-state index is 0.143. The maximum absolute atomic E-state index is 13.8. The van der Waals surface area contributed by atoms with Gasteiger partial charge >= 0.3 is 0 Å². The number of aromatic nitrogens is 2. The second kappa shape index (κ2) is 7.02. The molecule has 0 saturated heterocycles. The molecular formula is C17H16FN3O3S. The molecule has 1 aromatic carbocycles. The molecule has 0 unspecified atom stereocenters. The van der Waals surface area contributed by atoms with E-state index in [1.54, 1.807) is 24.4 Å². The number of amides is 1. The number of benzene rings is 1. The fraction of sp³-hybridized carbons (Fsp3) is 0.235. The van der Waals surface area contributed by atoms with Crippen molar-refractivity contribution in [3.63, 3.8) is 0 Å². The van der Waals surface area contributed by atoms with E-state index in [4.69, 9.17) is 4.74 Å². The van der Waals surface area contributed by atoms with Gasteiger partial charge in [-0.3, -0.25) is 14.2 Å². The lowest BCUT2D eigenvalue weighted by molar-refractivity contribution is -0.122. The average Bonchev–Trinajstić information content (AvgIpc) is 3.06. The number of nitrogens with zero attached hydrogens (tertiary/aromatic N) is 2. The molecule has 0 aliphatic carbocycles. The summed E-state index contributed by atoms with van der Waals surface area (Å²) in [5.41, 5.74) is 0.343. The van der Waals surface area contributed by atoms with Crippen molar-refractivity contribution in [3.8, 4) is 5.75 Å². The summed E-state index contributed by atoms with van der Waals surface area (Å²) in [7, 11) is 1.39. The number of thiophene rings is 1. The van der Waals surface area contributed by atoms with Gasteiger partial charge in [0.2, 0.25) is 5.91 Å². The van der Waals surface area contributed by atoms with Crippen molar-refractivity contribution >= 4 is 27.5 Å². The van der Waals surface area contributed by atoms with E-state index in [-0.39, 0.29) is 23.8 Å². The molecule has 0 bridgehead atoms. The van der Waals surface area contributed by atoms with Crippen molar-refractivity contribution in [3.05, 3.63) is 57.7 Å². The highest BCUT2D eigenvalue weighted by Crippen LogP contribution is 2.21. The number of nitrogens with one attached hydrogen (secondary N) is 1. The van der Waals surface area contributed by atoms with Crippen molar-refractivity contribution in [2.75, 3.05) is 7.11 Å². The monoisotopic (exact) mass is 361 g/mol. The second-order valence-electron chi connectivity index (χ2n) is 5.50. The fourth-order valence-corrected chi connectivity index (χ4v) is 3.21. The van der Waals surface area contributed by atoms with Crippen LogP contribution in [0, 0.1) is 5.82 Å². The third-order valence-corrected chi connectivity index (χ3v) is 4.64. The Labute approximate surface area is 146 Å². The smallest absolute Gasteiger partial charge is 0.262 e. The molecule has 3 aromatic rings. The number of ether oxygens (including phenoxy) is 1. The van der Waals surface area contributed by atoms with Crippen LogP contribution in [0.5, 0.6) is 5.75 Å². The molecule has 8 heteroatoms. The first-order chi connectivity index (χ1) is 12.0. The van der Waals surface area contributed by atoms with E-state index < -0.39 is 11.9 Å². The first-order valence-corrected chi connectivity index (χ1v) is 8.43. The molecule has 3 rings (SSSR count). The molecular weight excluding hydrogens is 345 g/mol. The number of carbonyl (C=O) groups is 1. The highest BCUT2D eigenvalue weighted by atomic mass is 32.1. The molecule has 1 amide bonds. The van der Waals surface area contributed by atoms with Crippen LogP contribution in [0.3, 0.4) is 0 Å². The Morgan fingerprint density at radius 1 is 1.44 bits per heavy atom. The first kappa shape index (κ1) is 17.1. The molecule has 1 atom stereocenters. The van der Waals surface area contributed by atoms with Crippen LogP contribution in [-0.2, 0) is 11.3 Å². The molecule has 0 spiro atoms. The zero-order chi connectivity index (χ0) is 18.0. The van der Waals surface area contributed by atoms with E-state index in [9.17, 15) is 14.0 Å². The van der Waals surface area contributed by atoms with Gasteiger partial charge in [0, 0.05) is 0 Å². The summed E-state index contributed by atoms with van der Waals surface area (Å²) in [5, 5.41) is 5.02. The number of halogens is 1. The summed E-state index contributed by atoms with van der Waals surface area (Å²) in [6.45, 7) is 1.59. The Hall–Kier alpha value is -2.74. The number of hydrogen-bond donors (Lipinski definition) is 1. The zero-order valence-corrected chi connectivity index (χ0v) is 14.5. The largest absolute Gasteiger partial charge is 0.494 e. The van der Waals surface area contributed by atoms with Gasteiger partial charge in [0.25, 0.3) is 5.56 Å². The number of carbonyl (C=O) groups excluding carboxylic acids is 1. The lowest BCUT2D eigenvalue weighted by Crippen LogP contribution is -2.33. The molecule has 130 valence electrons. The molecule has 6 nitrogen and oxygen atoms in total. The van der Waals surface area contributed by atoms with Crippen molar-refractivity contribution in [2.45, 2.75) is 19.5 Å². The number of fused-ring (bicyclic) bond motifs is 1. The summed E-state index contributed by atoms with van der Waals surface area (Å²) in [4.78, 5) is 29.3. The summed E-state index contributed by atoms with van der Waals surface area (Å²) in [6.07, 6.45) is 1.36. The third kappa shape index (κ3) is 3.53. The van der Waals surface area contributed by atoms with E-state index in [0.29, 0.717) is 15.8 Å². The molecule has 2 aromatic heterocycles. The van der Waals surface area contributed by atoms with Crippen LogP contribution in [0.2, 0.25) is 0 Å². The summed E-state index contributed by atoms with van der Waals surface area (Å²) in [5.74, 6) is -0.712. The van der Waals surface area contributed by atoms with Gasteiger partial charge in [0.15, 0.2) is 11.6 Å². The zero-order valence-electron chi connectivity index (χ0n) is 13.7. The highest BCUT2D eigenvalue weighted by molar-refractivity contribution is 7.16. The van der Waals surface area contributed by atoms with Gasteiger partial charge < -0.3 is 10.1 Å². The highest BCUT2D eigenvalue weighted by Gasteiger charge is 2.14. The maximum atomic E-state index is 13.8. The maximum Gasteiger partial charge on any atom is 0.262 e. The first-order valence-electron chi connectivity index (χ1n) is 7.55. The molecule has 25 heavy (non-hydrogen) atoms. The van der Waals surface area contributed by atoms with Crippen molar-refractivity contribution in [2.24, 2.45) is 0 Å². The van der Waals surface area contributed by atoms with E-state index >= 15 is 0 Å². The van der Waals surface area contributed by atoms with E-state index in [1.807, 2.05) is 0 Å². The summed E-state index contributed by atoms with van der Waals surface area (Å²) >= 11 is 1.37. The fourth-order valence-electron chi connectivity index (χ4n) is 2.48. The van der Waals surface area contributed by atoms with Gasteiger partial charge in [0.05, 0.1) is 24.9 Å². The van der Waals surface area contributed by atoms with Gasteiger partial charge in [-0.2, -0.15) is 0 Å². The number of hydrogen-bond acceptors (Lipinski definition) is 5.